The molecule has 6 nitrogen and oxygen atoms in total. The van der Waals surface area contributed by atoms with Crippen molar-refractivity contribution in [1.82, 2.24) is 9.55 Å². The molecule has 24 heavy (non-hydrogen) atoms. The van der Waals surface area contributed by atoms with Crippen molar-refractivity contribution in [2.75, 3.05) is 10.6 Å². The van der Waals surface area contributed by atoms with Gasteiger partial charge in [0.25, 0.3) is 0 Å². The van der Waals surface area contributed by atoms with E-state index in [4.69, 9.17) is 11.6 Å². The topological polar surface area (TPSA) is 76.0 Å². The summed E-state index contributed by atoms with van der Waals surface area (Å²) in [5, 5.41) is 6.07. The van der Waals surface area contributed by atoms with Gasteiger partial charge in [-0.05, 0) is 30.3 Å². The second-order valence-corrected chi connectivity index (χ2v) is 6.00. The van der Waals surface area contributed by atoms with E-state index in [0.717, 1.165) is 11.0 Å². The zero-order chi connectivity index (χ0) is 16.7. The summed E-state index contributed by atoms with van der Waals surface area (Å²) in [4.78, 5) is 29.1. The summed E-state index contributed by atoms with van der Waals surface area (Å²) in [6, 6.07) is 13.7. The van der Waals surface area contributed by atoms with E-state index in [0.29, 0.717) is 16.7 Å². The van der Waals surface area contributed by atoms with E-state index >= 15 is 0 Å². The van der Waals surface area contributed by atoms with Gasteiger partial charge in [-0.15, -0.1) is 0 Å². The number of hydrogen-bond donors (Lipinski definition) is 2. The molecule has 0 radical (unpaired) electrons. The van der Waals surface area contributed by atoms with Crippen LogP contribution in [0.25, 0.3) is 11.0 Å². The third-order valence-corrected chi connectivity index (χ3v) is 4.17. The molecule has 7 heteroatoms. The van der Waals surface area contributed by atoms with Crippen molar-refractivity contribution < 1.29 is 9.59 Å². The molecule has 1 aliphatic heterocycles. The fourth-order valence-electron chi connectivity index (χ4n) is 2.89. The van der Waals surface area contributed by atoms with Crippen LogP contribution in [0, 0.1) is 0 Å². The molecule has 2 amide bonds. The number of benzene rings is 2. The van der Waals surface area contributed by atoms with Crippen LogP contribution >= 0.6 is 11.6 Å². The number of amides is 2. The maximum atomic E-state index is 12.7. The Labute approximate surface area is 142 Å². The Balaban J connectivity index is 1.73. The molecule has 1 atom stereocenters. The standard InChI is InChI=1S/C17H13ClN4O2/c18-10-4-3-5-11(8-10)19-16(24)14-9-15(23)21-17-20-12-6-1-2-7-13(12)22(14)17/h1-8,14H,9H2,(H,19,24)(H,20,21,23)/t14-/m0/s1. The van der Waals surface area contributed by atoms with E-state index in [2.05, 4.69) is 15.6 Å². The van der Waals surface area contributed by atoms with Crippen LogP contribution in [0.5, 0.6) is 0 Å². The monoisotopic (exact) mass is 340 g/mol. The van der Waals surface area contributed by atoms with Gasteiger partial charge < -0.3 is 5.32 Å². The van der Waals surface area contributed by atoms with Crippen LogP contribution in [0.1, 0.15) is 12.5 Å². The molecule has 120 valence electrons. The molecule has 2 aromatic carbocycles. The van der Waals surface area contributed by atoms with Crippen LogP contribution in [0.15, 0.2) is 48.5 Å². The molecular formula is C17H13ClN4O2. The van der Waals surface area contributed by atoms with E-state index in [9.17, 15) is 9.59 Å². The lowest BCUT2D eigenvalue weighted by Crippen LogP contribution is -2.35. The molecule has 0 saturated heterocycles. The summed E-state index contributed by atoms with van der Waals surface area (Å²) in [6.45, 7) is 0. The zero-order valence-corrected chi connectivity index (χ0v) is 13.2. The van der Waals surface area contributed by atoms with E-state index in [1.165, 1.54) is 0 Å². The SMILES string of the molecule is O=C1C[C@@H](C(=O)Nc2cccc(Cl)c2)n2c(nc3ccccc32)N1. The molecule has 1 aliphatic rings. The van der Waals surface area contributed by atoms with Gasteiger partial charge in [0, 0.05) is 10.7 Å². The first-order chi connectivity index (χ1) is 11.6. The van der Waals surface area contributed by atoms with Gasteiger partial charge in [-0.25, -0.2) is 4.98 Å². The molecule has 3 aromatic rings. The van der Waals surface area contributed by atoms with Crippen molar-refractivity contribution >= 4 is 46.1 Å². The summed E-state index contributed by atoms with van der Waals surface area (Å²) < 4.78 is 1.76. The molecule has 2 heterocycles. The van der Waals surface area contributed by atoms with E-state index in [-0.39, 0.29) is 18.2 Å². The fourth-order valence-corrected chi connectivity index (χ4v) is 3.08. The molecule has 0 saturated carbocycles. The first-order valence-electron chi connectivity index (χ1n) is 7.45. The Morgan fingerprint density at radius 2 is 2.08 bits per heavy atom. The summed E-state index contributed by atoms with van der Waals surface area (Å²) in [5.41, 5.74) is 2.12. The molecule has 0 fully saturated rings. The van der Waals surface area contributed by atoms with Crippen LogP contribution < -0.4 is 10.6 Å². The maximum Gasteiger partial charge on any atom is 0.248 e. The highest BCUT2D eigenvalue weighted by atomic mass is 35.5. The van der Waals surface area contributed by atoms with Crippen LogP contribution in [-0.4, -0.2) is 21.4 Å². The average molecular weight is 341 g/mol. The van der Waals surface area contributed by atoms with Crippen molar-refractivity contribution in [3.05, 3.63) is 53.6 Å². The number of fused-ring (bicyclic) bond motifs is 3. The highest BCUT2D eigenvalue weighted by molar-refractivity contribution is 6.30. The highest BCUT2D eigenvalue weighted by Crippen LogP contribution is 2.31. The third kappa shape index (κ3) is 2.51. The van der Waals surface area contributed by atoms with Gasteiger partial charge in [0.05, 0.1) is 17.5 Å². The van der Waals surface area contributed by atoms with Crippen molar-refractivity contribution in [1.29, 1.82) is 0 Å². The molecular weight excluding hydrogens is 328 g/mol. The first-order valence-corrected chi connectivity index (χ1v) is 7.83. The lowest BCUT2D eigenvalue weighted by Gasteiger charge is -2.25. The second-order valence-electron chi connectivity index (χ2n) is 5.56. The maximum absolute atomic E-state index is 12.7. The molecule has 0 unspecified atom stereocenters. The lowest BCUT2D eigenvalue weighted by atomic mass is 10.1. The number of aromatic nitrogens is 2. The molecule has 0 bridgehead atoms. The Hall–Kier alpha value is -2.86. The van der Waals surface area contributed by atoms with Crippen molar-refractivity contribution in [3.63, 3.8) is 0 Å². The van der Waals surface area contributed by atoms with Crippen LogP contribution in [0.4, 0.5) is 11.6 Å². The lowest BCUT2D eigenvalue weighted by molar-refractivity contribution is -0.124. The number of halogens is 1. The second kappa shape index (κ2) is 5.65. The Morgan fingerprint density at radius 3 is 2.92 bits per heavy atom. The predicted octanol–water partition coefficient (Wildman–Crippen LogP) is 3.21. The largest absolute Gasteiger partial charge is 0.324 e. The zero-order valence-electron chi connectivity index (χ0n) is 12.5. The molecule has 0 aliphatic carbocycles. The predicted molar refractivity (Wildman–Crippen MR) is 92.1 cm³/mol. The number of rotatable bonds is 2. The van der Waals surface area contributed by atoms with Crippen molar-refractivity contribution in [2.24, 2.45) is 0 Å². The minimum Gasteiger partial charge on any atom is -0.324 e. The van der Waals surface area contributed by atoms with Crippen molar-refractivity contribution in [3.8, 4) is 0 Å². The highest BCUT2D eigenvalue weighted by Gasteiger charge is 2.32. The number of hydrogen-bond acceptors (Lipinski definition) is 3. The normalized spacial score (nSPS) is 16.5. The van der Waals surface area contributed by atoms with Gasteiger partial charge in [-0.1, -0.05) is 29.8 Å². The van der Waals surface area contributed by atoms with Crippen molar-refractivity contribution in [2.45, 2.75) is 12.5 Å². The molecule has 1 aromatic heterocycles. The number of nitrogens with one attached hydrogen (secondary N) is 2. The number of nitrogens with zero attached hydrogens (tertiary/aromatic N) is 2. The molecule has 0 spiro atoms. The number of imidazole rings is 1. The van der Waals surface area contributed by atoms with Gasteiger partial charge in [0.15, 0.2) is 0 Å². The van der Waals surface area contributed by atoms with Crippen LogP contribution in [0.2, 0.25) is 5.02 Å². The Bertz CT molecular complexity index is 966. The van der Waals surface area contributed by atoms with Crippen LogP contribution in [-0.2, 0) is 9.59 Å². The summed E-state index contributed by atoms with van der Waals surface area (Å²) >= 11 is 5.95. The molecule has 4 rings (SSSR count). The Morgan fingerprint density at radius 1 is 1.25 bits per heavy atom. The average Bonchev–Trinajstić information content (AvgIpc) is 2.92. The first kappa shape index (κ1) is 14.7. The smallest absolute Gasteiger partial charge is 0.248 e. The summed E-state index contributed by atoms with van der Waals surface area (Å²) in [5.74, 6) is -0.126. The minimum atomic E-state index is -0.667. The van der Waals surface area contributed by atoms with Gasteiger partial charge in [-0.3, -0.25) is 19.5 Å². The van der Waals surface area contributed by atoms with E-state index in [1.54, 1.807) is 28.8 Å². The molecule has 2 N–H and O–H groups in total. The number of carbonyl (C=O) groups excluding carboxylic acids is 2. The minimum absolute atomic E-state index is 0.0553. The quantitative estimate of drug-likeness (QED) is 0.752. The number of anilines is 2. The van der Waals surface area contributed by atoms with E-state index in [1.807, 2.05) is 24.3 Å². The van der Waals surface area contributed by atoms with Gasteiger partial charge in [-0.2, -0.15) is 0 Å². The number of carbonyl (C=O) groups is 2. The Kier molecular flexibility index (Phi) is 3.46. The number of para-hydroxylation sites is 2. The third-order valence-electron chi connectivity index (χ3n) is 3.93. The van der Waals surface area contributed by atoms with E-state index < -0.39 is 6.04 Å². The van der Waals surface area contributed by atoms with Gasteiger partial charge in [0.2, 0.25) is 17.8 Å². The summed E-state index contributed by atoms with van der Waals surface area (Å²) in [6.07, 6.45) is 0.0553. The van der Waals surface area contributed by atoms with Gasteiger partial charge in [0.1, 0.15) is 6.04 Å². The fraction of sp³-hybridized carbons (Fsp3) is 0.118. The van der Waals surface area contributed by atoms with Gasteiger partial charge >= 0.3 is 0 Å². The summed E-state index contributed by atoms with van der Waals surface area (Å²) in [7, 11) is 0. The van der Waals surface area contributed by atoms with Crippen LogP contribution in [0.3, 0.4) is 0 Å².